The molecule has 152 valence electrons. The molecule has 0 aliphatic rings. The molecule has 3 rings (SSSR count). The third-order valence-corrected chi connectivity index (χ3v) is 5.04. The van der Waals surface area contributed by atoms with Gasteiger partial charge >= 0.3 is 6.18 Å². The summed E-state index contributed by atoms with van der Waals surface area (Å²) in [7, 11) is 0. The summed E-state index contributed by atoms with van der Waals surface area (Å²) >= 11 is 0. The molecule has 0 aliphatic heterocycles. The number of rotatable bonds is 5. The Kier molecular flexibility index (Phi) is 5.64. The smallest absolute Gasteiger partial charge is 0.265 e. The molecule has 0 atom stereocenters. The number of aryl methyl sites for hydroxylation is 1. The lowest BCUT2D eigenvalue weighted by atomic mass is 9.83. The Balaban J connectivity index is 1.80. The first-order valence-corrected chi connectivity index (χ1v) is 9.21. The van der Waals surface area contributed by atoms with E-state index >= 15 is 0 Å². The van der Waals surface area contributed by atoms with Crippen LogP contribution in [0.15, 0.2) is 60.7 Å². The molecule has 0 spiro atoms. The zero-order valence-electron chi connectivity index (χ0n) is 16.5. The molecule has 0 bridgehead atoms. The van der Waals surface area contributed by atoms with Crippen molar-refractivity contribution in [2.75, 3.05) is 0 Å². The quantitative estimate of drug-likeness (QED) is 0.443. The maximum atomic E-state index is 14.7. The predicted molar refractivity (Wildman–Crippen MR) is 107 cm³/mol. The Hall–Kier alpha value is -2.89. The lowest BCUT2D eigenvalue weighted by Crippen LogP contribution is -2.36. The van der Waals surface area contributed by atoms with Crippen molar-refractivity contribution in [2.45, 2.75) is 38.9 Å². The van der Waals surface area contributed by atoms with Crippen molar-refractivity contribution < 1.29 is 17.6 Å². The van der Waals surface area contributed by atoms with Crippen LogP contribution >= 0.6 is 0 Å². The number of halogens is 4. The van der Waals surface area contributed by atoms with Crippen molar-refractivity contribution >= 4 is 11.9 Å². The van der Waals surface area contributed by atoms with Gasteiger partial charge in [0.1, 0.15) is 5.69 Å². The first-order chi connectivity index (χ1) is 13.6. The van der Waals surface area contributed by atoms with Crippen LogP contribution in [0, 0.1) is 6.92 Å². The highest BCUT2D eigenvalue weighted by Gasteiger charge is 2.48. The van der Waals surface area contributed by atoms with Crippen molar-refractivity contribution in [3.05, 3.63) is 88.7 Å². The van der Waals surface area contributed by atoms with Crippen molar-refractivity contribution in [3.8, 4) is 0 Å². The van der Waals surface area contributed by atoms with Crippen molar-refractivity contribution in [3.63, 3.8) is 0 Å². The minimum atomic E-state index is -4.36. The second kappa shape index (κ2) is 7.85. The molecule has 0 amide bonds. The molecular formula is C23H22F4N2. The molecule has 29 heavy (non-hydrogen) atoms. The van der Waals surface area contributed by atoms with E-state index in [2.05, 4.69) is 5.10 Å². The molecule has 2 aromatic carbocycles. The Morgan fingerprint density at radius 1 is 1.00 bits per heavy atom. The molecule has 0 unspecified atom stereocenters. The Morgan fingerprint density at radius 2 is 1.62 bits per heavy atom. The van der Waals surface area contributed by atoms with Gasteiger partial charge in [0.25, 0.3) is 0 Å². The second-order valence-electron chi connectivity index (χ2n) is 7.55. The standard InChI is InChI=1S/C23H22F4N2/c1-16-13-21(28-29(16)15-18-7-5-4-6-8-18)20(24)14-17-9-11-19(12-10-17)22(2,3)23(25,26)27/h4-14H,15H2,1-3H3/b20-14-. The van der Waals surface area contributed by atoms with Gasteiger partial charge in [-0.15, -0.1) is 0 Å². The van der Waals surface area contributed by atoms with Gasteiger partial charge in [0.05, 0.1) is 12.0 Å². The minimum Gasteiger partial charge on any atom is -0.265 e. The molecule has 1 heterocycles. The zero-order valence-corrected chi connectivity index (χ0v) is 16.5. The van der Waals surface area contributed by atoms with E-state index in [1.54, 1.807) is 10.7 Å². The first-order valence-electron chi connectivity index (χ1n) is 9.21. The van der Waals surface area contributed by atoms with Gasteiger partial charge in [0.2, 0.25) is 0 Å². The maximum absolute atomic E-state index is 14.7. The normalized spacial score (nSPS) is 13.0. The van der Waals surface area contributed by atoms with Gasteiger partial charge in [-0.05, 0) is 49.6 Å². The SMILES string of the molecule is Cc1cc(/C(F)=C/c2ccc(C(C)(C)C(F)(F)F)cc2)nn1Cc1ccccc1. The topological polar surface area (TPSA) is 17.8 Å². The largest absolute Gasteiger partial charge is 0.397 e. The van der Waals surface area contributed by atoms with E-state index in [-0.39, 0.29) is 11.3 Å². The van der Waals surface area contributed by atoms with E-state index in [1.165, 1.54) is 30.3 Å². The third kappa shape index (κ3) is 4.58. The van der Waals surface area contributed by atoms with Crippen LogP contribution in [-0.4, -0.2) is 16.0 Å². The number of alkyl halides is 3. The van der Waals surface area contributed by atoms with E-state index in [0.29, 0.717) is 12.1 Å². The van der Waals surface area contributed by atoms with Gasteiger partial charge in [-0.25, -0.2) is 4.39 Å². The summed E-state index contributed by atoms with van der Waals surface area (Å²) in [4.78, 5) is 0. The monoisotopic (exact) mass is 402 g/mol. The van der Waals surface area contributed by atoms with Gasteiger partial charge in [0.15, 0.2) is 5.83 Å². The molecule has 1 aromatic heterocycles. The Bertz CT molecular complexity index is 998. The van der Waals surface area contributed by atoms with Crippen LogP contribution in [0.1, 0.15) is 41.9 Å². The van der Waals surface area contributed by atoms with Crippen molar-refractivity contribution in [1.29, 1.82) is 0 Å². The fraction of sp³-hybridized carbons (Fsp3) is 0.261. The highest BCUT2D eigenvalue weighted by molar-refractivity contribution is 5.75. The van der Waals surface area contributed by atoms with Crippen LogP contribution in [0.25, 0.3) is 11.9 Å². The fourth-order valence-electron chi connectivity index (χ4n) is 2.92. The highest BCUT2D eigenvalue weighted by Crippen LogP contribution is 2.40. The number of nitrogens with zero attached hydrogens (tertiary/aromatic N) is 2. The van der Waals surface area contributed by atoms with Crippen LogP contribution in [0.5, 0.6) is 0 Å². The first kappa shape index (κ1) is 20.8. The molecule has 6 heteroatoms. The van der Waals surface area contributed by atoms with E-state index in [0.717, 1.165) is 25.1 Å². The van der Waals surface area contributed by atoms with Gasteiger partial charge in [-0.1, -0.05) is 54.6 Å². The van der Waals surface area contributed by atoms with E-state index in [9.17, 15) is 17.6 Å². The van der Waals surface area contributed by atoms with Gasteiger partial charge < -0.3 is 0 Å². The van der Waals surface area contributed by atoms with Crippen molar-refractivity contribution in [1.82, 2.24) is 9.78 Å². The minimum absolute atomic E-state index is 0.130. The molecule has 0 saturated heterocycles. The zero-order chi connectivity index (χ0) is 21.2. The summed E-state index contributed by atoms with van der Waals surface area (Å²) in [5.74, 6) is -0.539. The average Bonchev–Trinajstić information content (AvgIpc) is 3.03. The molecular weight excluding hydrogens is 380 g/mol. The van der Waals surface area contributed by atoms with Crippen LogP contribution in [0.2, 0.25) is 0 Å². The summed E-state index contributed by atoms with van der Waals surface area (Å²) < 4.78 is 55.9. The van der Waals surface area contributed by atoms with Crippen LogP contribution in [0.4, 0.5) is 17.6 Å². The number of hydrogen-bond donors (Lipinski definition) is 0. The molecule has 0 saturated carbocycles. The number of hydrogen-bond acceptors (Lipinski definition) is 1. The second-order valence-corrected chi connectivity index (χ2v) is 7.55. The molecule has 0 radical (unpaired) electrons. The summed E-state index contributed by atoms with van der Waals surface area (Å²) in [6.45, 7) is 4.63. The van der Waals surface area contributed by atoms with Gasteiger partial charge in [0, 0.05) is 5.69 Å². The molecule has 0 fully saturated rings. The number of aromatic nitrogens is 2. The lowest BCUT2D eigenvalue weighted by molar-refractivity contribution is -0.180. The van der Waals surface area contributed by atoms with Gasteiger partial charge in [-0.3, -0.25) is 4.68 Å². The predicted octanol–water partition coefficient (Wildman–Crippen LogP) is 6.55. The number of benzene rings is 2. The van der Waals surface area contributed by atoms with E-state index in [1.807, 2.05) is 37.3 Å². The summed E-state index contributed by atoms with van der Waals surface area (Å²) in [6.07, 6.45) is -3.09. The summed E-state index contributed by atoms with van der Waals surface area (Å²) in [5.41, 5.74) is 0.691. The van der Waals surface area contributed by atoms with E-state index < -0.39 is 17.4 Å². The van der Waals surface area contributed by atoms with E-state index in [4.69, 9.17) is 0 Å². The molecule has 0 aliphatic carbocycles. The van der Waals surface area contributed by atoms with Crippen LogP contribution in [-0.2, 0) is 12.0 Å². The van der Waals surface area contributed by atoms with Crippen LogP contribution in [0.3, 0.4) is 0 Å². The van der Waals surface area contributed by atoms with Gasteiger partial charge in [-0.2, -0.15) is 18.3 Å². The molecule has 2 nitrogen and oxygen atoms in total. The highest BCUT2D eigenvalue weighted by atomic mass is 19.4. The Labute approximate surface area is 167 Å². The van der Waals surface area contributed by atoms with Crippen LogP contribution < -0.4 is 0 Å². The molecule has 0 N–H and O–H groups in total. The lowest BCUT2D eigenvalue weighted by Gasteiger charge is -2.28. The summed E-state index contributed by atoms with van der Waals surface area (Å²) in [5, 5.41) is 4.31. The fourth-order valence-corrected chi connectivity index (χ4v) is 2.92. The maximum Gasteiger partial charge on any atom is 0.397 e. The third-order valence-electron chi connectivity index (χ3n) is 5.04. The summed E-state index contributed by atoms with van der Waals surface area (Å²) in [6, 6.07) is 17.1. The Morgan fingerprint density at radius 3 is 2.21 bits per heavy atom. The average molecular weight is 402 g/mol. The molecule has 3 aromatic rings. The van der Waals surface area contributed by atoms with Crippen molar-refractivity contribution in [2.24, 2.45) is 0 Å².